The van der Waals surface area contributed by atoms with Gasteiger partial charge in [-0.3, -0.25) is 0 Å². The molecule has 3 saturated carbocycles. The van der Waals surface area contributed by atoms with Crippen LogP contribution in [0.15, 0.2) is 24.3 Å². The molecule has 0 amide bonds. The molecule has 0 heterocycles. The van der Waals surface area contributed by atoms with Gasteiger partial charge in [0.1, 0.15) is 0 Å². The summed E-state index contributed by atoms with van der Waals surface area (Å²) in [5.41, 5.74) is 4.73. The van der Waals surface area contributed by atoms with E-state index in [4.69, 9.17) is 19.4 Å². The SMILES string of the molecule is C1CCC([PH+](C2CCCCC2)C2CCCCC2)CC1.CC[OH+]c1ccccc1[CH]=[Ru]([Cl])[Cl]. The van der Waals surface area contributed by atoms with Gasteiger partial charge in [0.25, 0.3) is 0 Å². The molecule has 3 aliphatic carbocycles. The van der Waals surface area contributed by atoms with Crippen molar-refractivity contribution in [3.8, 4) is 5.75 Å². The van der Waals surface area contributed by atoms with Gasteiger partial charge >= 0.3 is 91.4 Å². The average molecular weight is 589 g/mol. The zero-order valence-electron chi connectivity index (χ0n) is 20.0. The number of aliphatic hydroxyl groups is 1. The molecule has 0 aliphatic heterocycles. The zero-order valence-corrected chi connectivity index (χ0v) is 24.2. The number of benzene rings is 1. The number of aromatic hydroxyl groups is 1. The minimum atomic E-state index is -1.73. The Hall–Kier alpha value is 0.523. The van der Waals surface area contributed by atoms with Crippen LogP contribution in [0, 0.1) is 0 Å². The first-order valence-electron chi connectivity index (χ1n) is 13.1. The number of hydrogen-bond acceptors (Lipinski definition) is 0. The van der Waals surface area contributed by atoms with E-state index < -0.39 is 13.5 Å². The van der Waals surface area contributed by atoms with Crippen molar-refractivity contribution < 1.29 is 18.3 Å². The second kappa shape index (κ2) is 15.5. The Bertz CT molecular complexity index is 633. The van der Waals surface area contributed by atoms with E-state index in [2.05, 4.69) is 4.74 Å². The molecule has 1 nitrogen and oxygen atoms in total. The van der Waals surface area contributed by atoms with Crippen LogP contribution in [0.25, 0.3) is 0 Å². The van der Waals surface area contributed by atoms with Crippen LogP contribution in [0.5, 0.6) is 5.75 Å². The molecular weight excluding hydrogens is 543 g/mol. The molecule has 5 heteroatoms. The van der Waals surface area contributed by atoms with E-state index in [0.717, 1.165) is 17.9 Å². The van der Waals surface area contributed by atoms with E-state index in [9.17, 15) is 0 Å². The van der Waals surface area contributed by atoms with Crippen LogP contribution in [0.1, 0.15) is 109 Å². The maximum atomic E-state index is 5.80. The normalized spacial score (nSPS) is 21.6. The Labute approximate surface area is 211 Å². The third-order valence-corrected chi connectivity index (χ3v) is 14.1. The Balaban J connectivity index is 0.000000195. The summed E-state index contributed by atoms with van der Waals surface area (Å²) in [6, 6.07) is 7.89. The van der Waals surface area contributed by atoms with Crippen LogP contribution < -0.4 is 0 Å². The van der Waals surface area contributed by atoms with Gasteiger partial charge in [0.05, 0.1) is 17.0 Å². The zero-order chi connectivity index (χ0) is 22.6. The van der Waals surface area contributed by atoms with Crippen molar-refractivity contribution >= 4 is 31.9 Å². The molecule has 0 unspecified atom stereocenters. The molecule has 0 saturated heterocycles. The molecule has 0 bridgehead atoms. The summed E-state index contributed by atoms with van der Waals surface area (Å²) in [4.78, 5) is 0. The van der Waals surface area contributed by atoms with Crippen molar-refractivity contribution in [2.45, 2.75) is 120 Å². The first-order valence-corrected chi connectivity index (χ1v) is 20.4. The van der Waals surface area contributed by atoms with Crippen LogP contribution in [0.3, 0.4) is 0 Å². The summed E-state index contributed by atoms with van der Waals surface area (Å²) in [5.74, 6) is 0.977. The molecule has 3 fully saturated rings. The van der Waals surface area contributed by atoms with Gasteiger partial charge in [-0.2, -0.15) is 0 Å². The van der Waals surface area contributed by atoms with Crippen LogP contribution in [-0.4, -0.2) is 32.9 Å². The molecule has 3 aliphatic rings. The van der Waals surface area contributed by atoms with Crippen LogP contribution in [0.2, 0.25) is 0 Å². The number of ether oxygens (including phenoxy) is 1. The Morgan fingerprint density at radius 3 is 1.62 bits per heavy atom. The van der Waals surface area contributed by atoms with Crippen molar-refractivity contribution in [1.82, 2.24) is 0 Å². The third kappa shape index (κ3) is 8.95. The molecule has 4 rings (SSSR count). The van der Waals surface area contributed by atoms with Crippen LogP contribution in [0.4, 0.5) is 0 Å². The second-order valence-electron chi connectivity index (χ2n) is 9.84. The molecule has 1 aromatic rings. The summed E-state index contributed by atoms with van der Waals surface area (Å²) < 4.78 is 6.25. The predicted octanol–water partition coefficient (Wildman–Crippen LogP) is 9.22. The second-order valence-corrected chi connectivity index (χ2v) is 19.0. The van der Waals surface area contributed by atoms with Crippen molar-refractivity contribution in [1.29, 1.82) is 0 Å². The maximum absolute atomic E-state index is 5.80. The van der Waals surface area contributed by atoms with Gasteiger partial charge in [-0.25, -0.2) is 0 Å². The molecule has 0 radical (unpaired) electrons. The number of para-hydroxylation sites is 1. The first kappa shape index (κ1) is 27.1. The van der Waals surface area contributed by atoms with Gasteiger partial charge in [-0.05, 0) is 77.0 Å². The summed E-state index contributed by atoms with van der Waals surface area (Å²) >= 11 is -1.73. The van der Waals surface area contributed by atoms with E-state index in [0.29, 0.717) is 0 Å². The summed E-state index contributed by atoms with van der Waals surface area (Å²) in [7, 11) is 11.5. The molecule has 0 atom stereocenters. The quantitative estimate of drug-likeness (QED) is 0.179. The van der Waals surface area contributed by atoms with Gasteiger partial charge in [0, 0.05) is 7.92 Å². The molecule has 184 valence electrons. The topological polar surface area (TPSA) is 12.8 Å². The van der Waals surface area contributed by atoms with E-state index in [1.807, 2.05) is 35.8 Å². The molecule has 0 spiro atoms. The third-order valence-electron chi connectivity index (χ3n) is 7.68. The van der Waals surface area contributed by atoms with Crippen molar-refractivity contribution in [3.63, 3.8) is 0 Å². The van der Waals surface area contributed by atoms with Gasteiger partial charge in [-0.15, -0.1) is 0 Å². The van der Waals surface area contributed by atoms with Gasteiger partial charge in [-0.1, -0.05) is 19.3 Å². The minimum absolute atomic E-state index is 0.0465. The van der Waals surface area contributed by atoms with Gasteiger partial charge in [0.2, 0.25) is 0 Å². The van der Waals surface area contributed by atoms with E-state index >= 15 is 0 Å². The Morgan fingerprint density at radius 1 is 0.781 bits per heavy atom. The molecule has 1 aromatic carbocycles. The molecule has 32 heavy (non-hydrogen) atoms. The fourth-order valence-corrected chi connectivity index (χ4v) is 13.3. The fraction of sp³-hybridized carbons (Fsp3) is 0.741. The summed E-state index contributed by atoms with van der Waals surface area (Å²) in [6.07, 6.45) is 23.8. The van der Waals surface area contributed by atoms with Crippen molar-refractivity contribution in [3.05, 3.63) is 29.8 Å². The van der Waals surface area contributed by atoms with Gasteiger partial charge < -0.3 is 0 Å². The standard InChI is InChI=1S/C18H33P.C9H10O.2ClH.Ru/c1-4-10-16(11-5-1)19(17-12-6-2-7-13-17)18-14-8-3-9-15-18;1-3-10-9-7-5-4-6-8(9)2;;;/h16-18H,1-15H2;2,4-7H,3H2,1H3;2*1H;/q;;;;+2. The molecule has 1 N–H and O–H groups in total. The van der Waals surface area contributed by atoms with Crippen LogP contribution in [-0.2, 0) is 13.5 Å². The molecule has 0 aromatic heterocycles. The fourth-order valence-electron chi connectivity index (χ4n) is 6.28. The van der Waals surface area contributed by atoms with Crippen molar-refractivity contribution in [2.24, 2.45) is 0 Å². The number of hydrogen-bond donors (Lipinski definition) is 0. The van der Waals surface area contributed by atoms with E-state index in [1.165, 1.54) is 17.0 Å². The number of rotatable bonds is 6. The predicted molar refractivity (Wildman–Crippen MR) is 144 cm³/mol. The molecular formula is C27H45Cl2OPRu+2. The Kier molecular flexibility index (Phi) is 13.1. The monoisotopic (exact) mass is 588 g/mol. The first-order chi connectivity index (χ1) is 15.7. The number of halogens is 2. The summed E-state index contributed by atoms with van der Waals surface area (Å²) in [6.45, 7) is 2.79. The average Bonchev–Trinajstić information content (AvgIpc) is 2.83. The van der Waals surface area contributed by atoms with Gasteiger partial charge in [0.15, 0.2) is 0 Å². The van der Waals surface area contributed by atoms with E-state index in [1.54, 1.807) is 96.3 Å². The summed E-state index contributed by atoms with van der Waals surface area (Å²) in [5, 5.41) is 0. The van der Waals surface area contributed by atoms with Crippen molar-refractivity contribution in [2.75, 3.05) is 6.61 Å². The Morgan fingerprint density at radius 2 is 1.22 bits per heavy atom. The van der Waals surface area contributed by atoms with E-state index in [-0.39, 0.29) is 7.92 Å². The van der Waals surface area contributed by atoms with Crippen LogP contribution >= 0.6 is 27.3 Å².